The molecule has 8 rings (SSSR count). The highest BCUT2D eigenvalue weighted by molar-refractivity contribution is 6.09. The number of hydrogen-bond acceptors (Lipinski definition) is 8. The first kappa shape index (κ1) is 28.8. The molecule has 8 atom stereocenters. The molecule has 4 fully saturated rings. The number of nitrogens with one attached hydrogen (secondary N) is 2. The van der Waals surface area contributed by atoms with Crippen LogP contribution < -0.4 is 5.43 Å². The molecular formula is C35H40N4O6. The Labute approximate surface area is 260 Å². The predicted octanol–water partition coefficient (Wildman–Crippen LogP) is 4.14. The molecule has 1 aliphatic heterocycles. The highest BCUT2D eigenvalue weighted by Gasteiger charge is 2.71. The highest BCUT2D eigenvalue weighted by Crippen LogP contribution is 2.70. The average Bonchev–Trinajstić information content (AvgIpc) is 3.69. The smallest absolute Gasteiger partial charge is 0.331 e. The number of aliphatic hydroxyl groups excluding tert-OH is 1. The Morgan fingerprint density at radius 3 is 2.71 bits per heavy atom. The summed E-state index contributed by atoms with van der Waals surface area (Å²) in [6, 6.07) is 9.65. The molecule has 4 saturated carbocycles. The molecule has 0 saturated heterocycles. The number of aromatic amines is 1. The zero-order valence-corrected chi connectivity index (χ0v) is 25.5. The second kappa shape index (κ2) is 9.95. The number of fused-ring (bicyclic) bond motifs is 8. The third kappa shape index (κ3) is 4.04. The Balaban J connectivity index is 1.10. The summed E-state index contributed by atoms with van der Waals surface area (Å²) in [6.45, 7) is 2.45. The molecule has 5 aliphatic rings. The van der Waals surface area contributed by atoms with Crippen LogP contribution in [0.2, 0.25) is 0 Å². The number of benzene rings is 1. The molecule has 5 N–H and O–H groups in total. The van der Waals surface area contributed by atoms with Crippen molar-refractivity contribution in [1.29, 1.82) is 0 Å². The average molecular weight is 613 g/mol. The van der Waals surface area contributed by atoms with Gasteiger partial charge in [0.15, 0.2) is 0 Å². The van der Waals surface area contributed by atoms with Crippen molar-refractivity contribution in [3.8, 4) is 0 Å². The number of H-pyrrole nitrogens is 1. The SMILES string of the molecule is CC12CC[C@H]3[C@@H](CCC4(O)C[C@H](O)CCC34/C=N/NC(=O)c3cc4c(cn3)[nH]c3ccccc34)C1(O)CCC2C1=CC(=O)OC1. The van der Waals surface area contributed by atoms with E-state index in [1.807, 2.05) is 24.3 Å². The number of para-hydroxylation sites is 1. The third-order valence-corrected chi connectivity index (χ3v) is 12.7. The van der Waals surface area contributed by atoms with Gasteiger partial charge in [0.05, 0.1) is 29.0 Å². The summed E-state index contributed by atoms with van der Waals surface area (Å²) in [5.74, 6) is -0.873. The van der Waals surface area contributed by atoms with E-state index in [2.05, 4.69) is 27.4 Å². The predicted molar refractivity (Wildman–Crippen MR) is 167 cm³/mol. The zero-order chi connectivity index (χ0) is 31.2. The number of rotatable bonds is 4. The number of carbonyl (C=O) groups excluding carboxylic acids is 2. The Morgan fingerprint density at radius 2 is 1.89 bits per heavy atom. The van der Waals surface area contributed by atoms with Crippen LogP contribution in [-0.2, 0) is 9.53 Å². The minimum atomic E-state index is -1.21. The van der Waals surface area contributed by atoms with Crippen LogP contribution in [0.3, 0.4) is 0 Å². The van der Waals surface area contributed by atoms with Crippen molar-refractivity contribution in [3.05, 3.63) is 53.9 Å². The van der Waals surface area contributed by atoms with Crippen LogP contribution in [0, 0.1) is 28.6 Å². The largest absolute Gasteiger partial charge is 0.458 e. The second-order valence-electron chi connectivity index (χ2n) is 14.5. The molecular weight excluding hydrogens is 572 g/mol. The molecule has 0 radical (unpaired) electrons. The summed E-state index contributed by atoms with van der Waals surface area (Å²) in [5.41, 5.74) is 2.27. The van der Waals surface area contributed by atoms with E-state index in [0.717, 1.165) is 46.6 Å². The van der Waals surface area contributed by atoms with Gasteiger partial charge in [0.2, 0.25) is 0 Å². The first-order chi connectivity index (χ1) is 21.6. The minimum absolute atomic E-state index is 0.0646. The number of aliphatic hydroxyl groups is 3. The van der Waals surface area contributed by atoms with Crippen molar-refractivity contribution >= 4 is 39.9 Å². The molecule has 10 nitrogen and oxygen atoms in total. The first-order valence-electron chi connectivity index (χ1n) is 16.3. The first-order valence-corrected chi connectivity index (χ1v) is 16.3. The number of cyclic esters (lactones) is 1. The number of amides is 1. The number of hydrazone groups is 1. The molecule has 0 bridgehead atoms. The van der Waals surface area contributed by atoms with E-state index in [9.17, 15) is 24.9 Å². The van der Waals surface area contributed by atoms with Crippen LogP contribution in [0.5, 0.6) is 0 Å². The van der Waals surface area contributed by atoms with E-state index in [1.165, 1.54) is 0 Å². The highest BCUT2D eigenvalue weighted by atomic mass is 16.5. The van der Waals surface area contributed by atoms with E-state index >= 15 is 0 Å². The molecule has 3 aromatic rings. The maximum atomic E-state index is 13.3. The maximum absolute atomic E-state index is 13.3. The number of esters is 1. The van der Waals surface area contributed by atoms with Crippen molar-refractivity contribution in [1.82, 2.24) is 15.4 Å². The normalized spacial score (nSPS) is 39.4. The van der Waals surface area contributed by atoms with E-state index in [0.29, 0.717) is 38.7 Å². The van der Waals surface area contributed by atoms with E-state index in [-0.39, 0.29) is 35.8 Å². The summed E-state index contributed by atoms with van der Waals surface area (Å²) in [6.07, 6.45) is 9.58. The fourth-order valence-electron chi connectivity index (χ4n) is 10.5. The van der Waals surface area contributed by atoms with Crippen LogP contribution in [0.15, 0.2) is 53.3 Å². The summed E-state index contributed by atoms with van der Waals surface area (Å²) in [5, 5.41) is 41.9. The van der Waals surface area contributed by atoms with Crippen molar-refractivity contribution in [3.63, 3.8) is 0 Å². The van der Waals surface area contributed by atoms with Crippen LogP contribution in [0.4, 0.5) is 0 Å². The second-order valence-corrected chi connectivity index (χ2v) is 14.5. The molecule has 10 heteroatoms. The van der Waals surface area contributed by atoms with Crippen molar-refractivity contribution in [2.75, 3.05) is 6.61 Å². The molecule has 45 heavy (non-hydrogen) atoms. The van der Waals surface area contributed by atoms with Crippen molar-refractivity contribution < 1.29 is 29.6 Å². The molecule has 236 valence electrons. The Kier molecular flexibility index (Phi) is 6.38. The fourth-order valence-corrected chi connectivity index (χ4v) is 10.5. The van der Waals surface area contributed by atoms with Gasteiger partial charge >= 0.3 is 5.97 Å². The van der Waals surface area contributed by atoms with Gasteiger partial charge in [-0.1, -0.05) is 25.1 Å². The molecule has 3 heterocycles. The quantitative estimate of drug-likeness (QED) is 0.168. The molecule has 5 unspecified atom stereocenters. The Morgan fingerprint density at radius 1 is 1.07 bits per heavy atom. The maximum Gasteiger partial charge on any atom is 0.331 e. The monoisotopic (exact) mass is 612 g/mol. The Hall–Kier alpha value is -3.60. The molecule has 1 aromatic carbocycles. The summed E-state index contributed by atoms with van der Waals surface area (Å²) >= 11 is 0. The minimum Gasteiger partial charge on any atom is -0.458 e. The van der Waals surface area contributed by atoms with Gasteiger partial charge in [0.25, 0.3) is 5.91 Å². The topological polar surface area (TPSA) is 157 Å². The van der Waals surface area contributed by atoms with Gasteiger partial charge in [-0.2, -0.15) is 5.10 Å². The molecule has 1 amide bonds. The lowest BCUT2D eigenvalue weighted by Crippen LogP contribution is -2.68. The van der Waals surface area contributed by atoms with E-state index in [1.54, 1.807) is 24.6 Å². The summed E-state index contributed by atoms with van der Waals surface area (Å²) in [4.78, 5) is 32.9. The van der Waals surface area contributed by atoms with Gasteiger partial charge in [-0.25, -0.2) is 15.2 Å². The van der Waals surface area contributed by atoms with Crippen LogP contribution in [0.1, 0.15) is 75.2 Å². The van der Waals surface area contributed by atoms with Gasteiger partial charge < -0.3 is 25.0 Å². The number of hydrogen-bond donors (Lipinski definition) is 5. The number of pyridine rings is 1. The van der Waals surface area contributed by atoms with Crippen molar-refractivity contribution in [2.45, 2.75) is 82.0 Å². The zero-order valence-electron chi connectivity index (χ0n) is 25.5. The summed E-state index contributed by atoms with van der Waals surface area (Å²) in [7, 11) is 0. The van der Waals surface area contributed by atoms with Gasteiger partial charge in [-0.15, -0.1) is 0 Å². The third-order valence-electron chi connectivity index (χ3n) is 12.7. The lowest BCUT2D eigenvalue weighted by atomic mass is 9.41. The van der Waals surface area contributed by atoms with Gasteiger partial charge in [-0.3, -0.25) is 4.79 Å². The fraction of sp³-hybridized carbons (Fsp3) is 0.543. The number of aromatic nitrogens is 2. The van der Waals surface area contributed by atoms with Crippen LogP contribution in [0.25, 0.3) is 21.8 Å². The standard InChI is InChI=1S/C35H40N4O6/c1-32-10-7-25-26(35(32,44)13-9-24(32)20-14-30(41)45-18-20)8-12-34(43)16-21(40)6-11-33(25,34)19-37-39-31(42)28-15-23-22-4-2-3-5-27(22)38-29(23)17-36-28/h2-5,14-15,17,19,21,24-26,38,40,43-44H,6-13,16,18H2,1H3,(H,39,42)/b37-19+/t21-,24?,25+,26-,32?,33?,34?,35?/m1/s1. The number of nitrogens with zero attached hydrogens (tertiary/aromatic N) is 2. The molecule has 0 spiro atoms. The lowest BCUT2D eigenvalue weighted by molar-refractivity contribution is -0.237. The van der Waals surface area contributed by atoms with Gasteiger partial charge in [0, 0.05) is 45.8 Å². The van der Waals surface area contributed by atoms with Crippen LogP contribution >= 0.6 is 0 Å². The molecule has 2 aromatic heterocycles. The van der Waals surface area contributed by atoms with Crippen LogP contribution in [-0.4, -0.2) is 67.3 Å². The van der Waals surface area contributed by atoms with E-state index in [4.69, 9.17) is 4.74 Å². The number of carbonyl (C=O) groups is 2. The van der Waals surface area contributed by atoms with Crippen molar-refractivity contribution in [2.24, 2.45) is 33.7 Å². The summed E-state index contributed by atoms with van der Waals surface area (Å²) < 4.78 is 5.26. The Bertz CT molecular complexity index is 1780. The number of ether oxygens (including phenoxy) is 1. The van der Waals surface area contributed by atoms with Gasteiger partial charge in [-0.05, 0) is 86.8 Å². The van der Waals surface area contributed by atoms with E-state index < -0.39 is 34.0 Å². The van der Waals surface area contributed by atoms with Gasteiger partial charge in [0.1, 0.15) is 12.3 Å². The molecule has 4 aliphatic carbocycles. The lowest BCUT2D eigenvalue weighted by Gasteiger charge is -2.65.